The fraction of sp³-hybridized carbons (Fsp3) is 0.286. The minimum absolute atomic E-state index is 0.0420. The fourth-order valence-corrected chi connectivity index (χ4v) is 2.62. The minimum atomic E-state index is -0.161. The highest BCUT2D eigenvalue weighted by molar-refractivity contribution is 5.77. The molecule has 27 heavy (non-hydrogen) atoms. The molecule has 0 atom stereocenters. The van der Waals surface area contributed by atoms with Crippen LogP contribution in [-0.2, 0) is 11.3 Å². The van der Waals surface area contributed by atoms with Crippen LogP contribution in [0.4, 0.5) is 0 Å². The Morgan fingerprint density at radius 2 is 1.89 bits per heavy atom. The number of hydrogen-bond acceptors (Lipinski definition) is 5. The van der Waals surface area contributed by atoms with E-state index in [2.05, 4.69) is 10.1 Å². The van der Waals surface area contributed by atoms with Crippen LogP contribution in [0.3, 0.4) is 0 Å². The van der Waals surface area contributed by atoms with Crippen molar-refractivity contribution in [2.75, 3.05) is 13.7 Å². The lowest BCUT2D eigenvalue weighted by atomic mass is 10.1. The zero-order valence-electron chi connectivity index (χ0n) is 16.0. The van der Waals surface area contributed by atoms with Crippen molar-refractivity contribution in [3.05, 3.63) is 65.0 Å². The normalized spacial score (nSPS) is 10.7. The van der Waals surface area contributed by atoms with Gasteiger partial charge in [-0.05, 0) is 44.0 Å². The summed E-state index contributed by atoms with van der Waals surface area (Å²) in [6, 6.07) is 13.8. The average Bonchev–Trinajstić information content (AvgIpc) is 3.10. The van der Waals surface area contributed by atoms with Crippen molar-refractivity contribution < 1.29 is 14.1 Å². The fourth-order valence-electron chi connectivity index (χ4n) is 2.62. The van der Waals surface area contributed by atoms with E-state index in [1.54, 1.807) is 7.05 Å². The number of carbonyl (C=O) groups excluding carboxylic acids is 1. The molecule has 0 aliphatic rings. The monoisotopic (exact) mass is 365 g/mol. The lowest BCUT2D eigenvalue weighted by Gasteiger charge is -2.16. The first-order valence-corrected chi connectivity index (χ1v) is 8.76. The summed E-state index contributed by atoms with van der Waals surface area (Å²) in [4.78, 5) is 18.2. The predicted octanol–water partition coefficient (Wildman–Crippen LogP) is 3.70. The smallest absolute Gasteiger partial charge is 0.260 e. The maximum Gasteiger partial charge on any atom is 0.260 e. The van der Waals surface area contributed by atoms with E-state index in [4.69, 9.17) is 9.26 Å². The number of benzene rings is 2. The zero-order chi connectivity index (χ0) is 19.4. The first-order valence-electron chi connectivity index (χ1n) is 8.76. The highest BCUT2D eigenvalue weighted by Crippen LogP contribution is 2.20. The van der Waals surface area contributed by atoms with Gasteiger partial charge >= 0.3 is 0 Å². The largest absolute Gasteiger partial charge is 0.483 e. The van der Waals surface area contributed by atoms with E-state index in [0.29, 0.717) is 11.7 Å². The molecule has 1 heterocycles. The first kappa shape index (κ1) is 18.6. The van der Waals surface area contributed by atoms with Gasteiger partial charge in [0.25, 0.3) is 5.91 Å². The van der Waals surface area contributed by atoms with E-state index in [1.165, 1.54) is 4.90 Å². The third kappa shape index (κ3) is 4.73. The molecule has 6 heteroatoms. The molecule has 0 spiro atoms. The van der Waals surface area contributed by atoms with E-state index in [-0.39, 0.29) is 19.1 Å². The standard InChI is InChI=1S/C21H23N3O3/c1-14-6-5-7-17(10-14)21-22-19(27-23-21)12-24(4)20(25)13-26-18-11-15(2)8-9-16(18)3/h5-11H,12-13H2,1-4H3. The van der Waals surface area contributed by atoms with Crippen LogP contribution in [0.1, 0.15) is 22.6 Å². The Morgan fingerprint density at radius 3 is 2.67 bits per heavy atom. The summed E-state index contributed by atoms with van der Waals surface area (Å²) in [7, 11) is 1.69. The van der Waals surface area contributed by atoms with Crippen LogP contribution in [0, 0.1) is 20.8 Å². The number of likely N-dealkylation sites (N-methyl/N-ethyl adjacent to an activating group) is 1. The maximum absolute atomic E-state index is 12.3. The second kappa shape index (κ2) is 8.03. The Kier molecular flexibility index (Phi) is 5.54. The number of amides is 1. The van der Waals surface area contributed by atoms with Crippen LogP contribution in [0.25, 0.3) is 11.4 Å². The molecule has 0 aliphatic carbocycles. The molecule has 3 rings (SSSR count). The van der Waals surface area contributed by atoms with Gasteiger partial charge in [-0.1, -0.05) is 41.1 Å². The number of aryl methyl sites for hydroxylation is 3. The molecular weight excluding hydrogens is 342 g/mol. The SMILES string of the molecule is Cc1cccc(-c2noc(CN(C)C(=O)COc3cc(C)ccc3C)n2)c1. The Balaban J connectivity index is 1.59. The molecule has 0 unspecified atom stereocenters. The molecule has 0 saturated heterocycles. The van der Waals surface area contributed by atoms with E-state index < -0.39 is 0 Å². The third-order valence-corrected chi connectivity index (χ3v) is 4.24. The summed E-state index contributed by atoms with van der Waals surface area (Å²) in [5.41, 5.74) is 4.09. The Bertz CT molecular complexity index is 949. The van der Waals surface area contributed by atoms with Crippen LogP contribution >= 0.6 is 0 Å². The highest BCUT2D eigenvalue weighted by atomic mass is 16.5. The number of aromatic nitrogens is 2. The van der Waals surface area contributed by atoms with Gasteiger partial charge in [0.05, 0.1) is 6.54 Å². The number of ether oxygens (including phenoxy) is 1. The number of carbonyl (C=O) groups is 1. The third-order valence-electron chi connectivity index (χ3n) is 4.24. The van der Waals surface area contributed by atoms with Crippen molar-refractivity contribution in [3.8, 4) is 17.1 Å². The summed E-state index contributed by atoms with van der Waals surface area (Å²) in [6.45, 7) is 6.14. The van der Waals surface area contributed by atoms with Crippen LogP contribution in [0.2, 0.25) is 0 Å². The maximum atomic E-state index is 12.3. The summed E-state index contributed by atoms with van der Waals surface area (Å²) in [5, 5.41) is 4.00. The molecule has 140 valence electrons. The zero-order valence-corrected chi connectivity index (χ0v) is 16.0. The quantitative estimate of drug-likeness (QED) is 0.666. The summed E-state index contributed by atoms with van der Waals surface area (Å²) >= 11 is 0. The van der Waals surface area contributed by atoms with Gasteiger partial charge < -0.3 is 14.2 Å². The molecule has 6 nitrogen and oxygen atoms in total. The first-order chi connectivity index (χ1) is 12.9. The average molecular weight is 365 g/mol. The van der Waals surface area contributed by atoms with Crippen molar-refractivity contribution >= 4 is 5.91 Å². The van der Waals surface area contributed by atoms with Gasteiger partial charge in [0.15, 0.2) is 6.61 Å². The molecule has 0 bridgehead atoms. The van der Waals surface area contributed by atoms with Crippen molar-refractivity contribution in [2.45, 2.75) is 27.3 Å². The summed E-state index contributed by atoms with van der Waals surface area (Å²) in [5.74, 6) is 1.46. The van der Waals surface area contributed by atoms with Gasteiger partial charge in [0.2, 0.25) is 11.7 Å². The Labute approximate surface area is 158 Å². The van der Waals surface area contributed by atoms with Gasteiger partial charge in [-0.2, -0.15) is 4.98 Å². The van der Waals surface area contributed by atoms with Crippen molar-refractivity contribution in [1.29, 1.82) is 0 Å². The van der Waals surface area contributed by atoms with Gasteiger partial charge in [0.1, 0.15) is 5.75 Å². The van der Waals surface area contributed by atoms with Crippen molar-refractivity contribution in [2.24, 2.45) is 0 Å². The van der Waals surface area contributed by atoms with E-state index in [9.17, 15) is 4.79 Å². The molecule has 0 saturated carbocycles. The molecule has 1 aromatic heterocycles. The number of rotatable bonds is 6. The molecule has 0 radical (unpaired) electrons. The van der Waals surface area contributed by atoms with Gasteiger partial charge in [-0.3, -0.25) is 4.79 Å². The number of nitrogens with zero attached hydrogens (tertiary/aromatic N) is 3. The van der Waals surface area contributed by atoms with E-state index >= 15 is 0 Å². The van der Waals surface area contributed by atoms with Crippen molar-refractivity contribution in [1.82, 2.24) is 15.0 Å². The van der Waals surface area contributed by atoms with Gasteiger partial charge in [0, 0.05) is 12.6 Å². The van der Waals surface area contributed by atoms with Crippen LogP contribution in [0.15, 0.2) is 47.0 Å². The Morgan fingerprint density at radius 1 is 1.11 bits per heavy atom. The van der Waals surface area contributed by atoms with Crippen LogP contribution in [-0.4, -0.2) is 34.6 Å². The predicted molar refractivity (Wildman–Crippen MR) is 102 cm³/mol. The Hall–Kier alpha value is -3.15. The van der Waals surface area contributed by atoms with Crippen LogP contribution in [0.5, 0.6) is 5.75 Å². The molecule has 2 aromatic carbocycles. The molecule has 0 fully saturated rings. The highest BCUT2D eigenvalue weighted by Gasteiger charge is 2.16. The lowest BCUT2D eigenvalue weighted by Crippen LogP contribution is -2.31. The van der Waals surface area contributed by atoms with Gasteiger partial charge in [-0.15, -0.1) is 0 Å². The molecule has 1 amide bonds. The lowest BCUT2D eigenvalue weighted by molar-refractivity contribution is -0.132. The van der Waals surface area contributed by atoms with E-state index in [1.807, 2.05) is 63.2 Å². The second-order valence-electron chi connectivity index (χ2n) is 6.69. The van der Waals surface area contributed by atoms with Crippen molar-refractivity contribution in [3.63, 3.8) is 0 Å². The van der Waals surface area contributed by atoms with E-state index in [0.717, 1.165) is 28.0 Å². The topological polar surface area (TPSA) is 68.5 Å². The summed E-state index contributed by atoms with van der Waals surface area (Å²) in [6.07, 6.45) is 0. The van der Waals surface area contributed by atoms with Crippen LogP contribution < -0.4 is 4.74 Å². The molecular formula is C21H23N3O3. The second-order valence-corrected chi connectivity index (χ2v) is 6.69. The number of hydrogen-bond donors (Lipinski definition) is 0. The molecule has 0 N–H and O–H groups in total. The molecule has 3 aromatic rings. The minimum Gasteiger partial charge on any atom is -0.483 e. The summed E-state index contributed by atoms with van der Waals surface area (Å²) < 4.78 is 10.9. The van der Waals surface area contributed by atoms with Gasteiger partial charge in [-0.25, -0.2) is 0 Å². The molecule has 0 aliphatic heterocycles.